The smallest absolute Gasteiger partial charge is 0.276 e. The highest BCUT2D eigenvalue weighted by Crippen LogP contribution is 2.15. The fourth-order valence-corrected chi connectivity index (χ4v) is 1.39. The lowest BCUT2D eigenvalue weighted by Gasteiger charge is -2.12. The predicted molar refractivity (Wildman–Crippen MR) is 83.3 cm³/mol. The molecular weight excluding hydrogens is 288 g/mol. The van der Waals surface area contributed by atoms with Crippen molar-refractivity contribution in [3.8, 4) is 11.8 Å². The minimum Gasteiger partial charge on any atom is -0.482 e. The number of amides is 1. The normalized spacial score (nSPS) is 9.14. The Morgan fingerprint density at radius 3 is 2.81 bits per heavy atom. The van der Waals surface area contributed by atoms with Gasteiger partial charge in [-0.1, -0.05) is 24.3 Å². The van der Waals surface area contributed by atoms with Crippen molar-refractivity contribution in [1.82, 2.24) is 16.2 Å². The van der Waals surface area contributed by atoms with E-state index in [0.29, 0.717) is 17.9 Å². The Morgan fingerprint density at radius 1 is 1.43 bits per heavy atom. The molecule has 0 saturated heterocycles. The second-order valence-corrected chi connectivity index (χ2v) is 4.62. The number of thiocarbonyl (C=S) groups is 1. The van der Waals surface area contributed by atoms with Crippen molar-refractivity contribution in [1.29, 1.82) is 5.26 Å². The summed E-state index contributed by atoms with van der Waals surface area (Å²) in [6.07, 6.45) is 0. The molecule has 1 rings (SSSR count). The van der Waals surface area contributed by atoms with E-state index in [1.54, 1.807) is 24.3 Å². The van der Waals surface area contributed by atoms with E-state index in [0.717, 1.165) is 5.57 Å². The number of para-hydroxylation sites is 1. The van der Waals surface area contributed by atoms with Crippen LogP contribution < -0.4 is 20.9 Å². The summed E-state index contributed by atoms with van der Waals surface area (Å²) in [4.78, 5) is 11.6. The van der Waals surface area contributed by atoms with E-state index in [4.69, 9.17) is 22.2 Å². The number of nitriles is 1. The van der Waals surface area contributed by atoms with Gasteiger partial charge in [0.15, 0.2) is 11.7 Å². The lowest BCUT2D eigenvalue weighted by molar-refractivity contribution is -0.123. The van der Waals surface area contributed by atoms with E-state index in [9.17, 15) is 4.79 Å². The van der Waals surface area contributed by atoms with Crippen molar-refractivity contribution in [2.75, 3.05) is 13.2 Å². The summed E-state index contributed by atoms with van der Waals surface area (Å²) in [7, 11) is 0. The average molecular weight is 304 g/mol. The van der Waals surface area contributed by atoms with Crippen molar-refractivity contribution in [2.45, 2.75) is 6.92 Å². The third-order valence-electron chi connectivity index (χ3n) is 2.23. The molecule has 3 N–H and O–H groups in total. The van der Waals surface area contributed by atoms with Crippen molar-refractivity contribution in [3.63, 3.8) is 0 Å². The summed E-state index contributed by atoms with van der Waals surface area (Å²) < 4.78 is 5.27. The van der Waals surface area contributed by atoms with Gasteiger partial charge in [-0.25, -0.2) is 0 Å². The lowest BCUT2D eigenvalue weighted by atomic mass is 10.2. The first kappa shape index (κ1) is 16.5. The first-order valence-corrected chi connectivity index (χ1v) is 6.52. The Bertz CT molecular complexity index is 581. The Morgan fingerprint density at radius 2 is 2.14 bits per heavy atom. The van der Waals surface area contributed by atoms with Gasteiger partial charge >= 0.3 is 0 Å². The van der Waals surface area contributed by atoms with Gasteiger partial charge in [-0.15, -0.1) is 0 Å². The van der Waals surface area contributed by atoms with E-state index in [1.807, 2.05) is 13.0 Å². The lowest BCUT2D eigenvalue weighted by Crippen LogP contribution is -2.48. The van der Waals surface area contributed by atoms with Crippen LogP contribution in [0.2, 0.25) is 0 Å². The minimum absolute atomic E-state index is 0.227. The van der Waals surface area contributed by atoms with Crippen LogP contribution in [-0.2, 0) is 4.79 Å². The molecule has 1 aromatic carbocycles. The maximum Gasteiger partial charge on any atom is 0.276 e. The van der Waals surface area contributed by atoms with Gasteiger partial charge in [-0.2, -0.15) is 5.26 Å². The molecule has 1 aromatic rings. The molecule has 6 nitrogen and oxygen atoms in total. The number of hydrogen-bond acceptors (Lipinski definition) is 4. The van der Waals surface area contributed by atoms with Gasteiger partial charge in [0.25, 0.3) is 5.91 Å². The van der Waals surface area contributed by atoms with Gasteiger partial charge < -0.3 is 10.1 Å². The van der Waals surface area contributed by atoms with Crippen molar-refractivity contribution >= 4 is 23.2 Å². The van der Waals surface area contributed by atoms with Gasteiger partial charge in [-0.05, 0) is 31.3 Å². The molecule has 0 aliphatic heterocycles. The van der Waals surface area contributed by atoms with Crippen LogP contribution >= 0.6 is 12.2 Å². The Hall–Kier alpha value is -2.59. The van der Waals surface area contributed by atoms with Crippen LogP contribution in [-0.4, -0.2) is 24.2 Å². The molecule has 0 radical (unpaired) electrons. The van der Waals surface area contributed by atoms with E-state index in [2.05, 4.69) is 22.7 Å². The molecule has 0 aromatic heterocycles. The van der Waals surface area contributed by atoms with Crippen LogP contribution in [0.1, 0.15) is 12.5 Å². The molecule has 0 fully saturated rings. The fraction of sp³-hybridized carbons (Fsp3) is 0.214. The average Bonchev–Trinajstić information content (AvgIpc) is 2.49. The first-order chi connectivity index (χ1) is 10.0. The molecule has 0 unspecified atom stereocenters. The fourth-order valence-electron chi connectivity index (χ4n) is 1.27. The molecule has 0 bridgehead atoms. The number of hydrogen-bond donors (Lipinski definition) is 3. The van der Waals surface area contributed by atoms with Gasteiger partial charge in [-0.3, -0.25) is 15.6 Å². The third-order valence-corrected chi connectivity index (χ3v) is 2.48. The van der Waals surface area contributed by atoms with Gasteiger partial charge in [0, 0.05) is 6.54 Å². The number of carbonyl (C=O) groups excluding carboxylic acids is 1. The topological polar surface area (TPSA) is 86.2 Å². The summed E-state index contributed by atoms with van der Waals surface area (Å²) in [5.74, 6) is -0.0552. The molecule has 0 heterocycles. The Balaban J connectivity index is 2.33. The van der Waals surface area contributed by atoms with Crippen LogP contribution in [0.5, 0.6) is 5.75 Å². The molecule has 0 saturated carbocycles. The summed E-state index contributed by atoms with van der Waals surface area (Å²) in [6.45, 7) is 5.87. The SMILES string of the molecule is C=C(C)CNC(=S)NNC(=O)COc1ccccc1C#N. The van der Waals surface area contributed by atoms with Crippen LogP contribution in [0.3, 0.4) is 0 Å². The largest absolute Gasteiger partial charge is 0.482 e. The molecule has 0 aliphatic rings. The molecule has 21 heavy (non-hydrogen) atoms. The molecule has 110 valence electrons. The van der Waals surface area contributed by atoms with E-state index in [-0.39, 0.29) is 11.7 Å². The van der Waals surface area contributed by atoms with Gasteiger partial charge in [0.2, 0.25) is 0 Å². The number of benzene rings is 1. The third kappa shape index (κ3) is 6.40. The van der Waals surface area contributed by atoms with E-state index < -0.39 is 5.91 Å². The van der Waals surface area contributed by atoms with Gasteiger partial charge in [0.05, 0.1) is 5.56 Å². The van der Waals surface area contributed by atoms with Gasteiger partial charge in [0.1, 0.15) is 11.8 Å². The number of carbonyl (C=O) groups is 1. The van der Waals surface area contributed by atoms with Crippen molar-refractivity contribution in [2.24, 2.45) is 0 Å². The van der Waals surface area contributed by atoms with E-state index >= 15 is 0 Å². The molecular formula is C14H16N4O2S. The minimum atomic E-state index is -0.415. The monoisotopic (exact) mass is 304 g/mol. The maximum absolute atomic E-state index is 11.6. The number of nitrogens with zero attached hydrogens (tertiary/aromatic N) is 1. The molecule has 1 amide bonds. The Labute approximate surface area is 128 Å². The quantitative estimate of drug-likeness (QED) is 0.427. The summed E-state index contributed by atoms with van der Waals surface area (Å²) in [5, 5.41) is 12.0. The molecule has 7 heteroatoms. The molecule has 0 spiro atoms. The van der Waals surface area contributed by atoms with Crippen molar-refractivity contribution < 1.29 is 9.53 Å². The summed E-state index contributed by atoms with van der Waals surface area (Å²) in [6, 6.07) is 8.67. The number of hydrazine groups is 1. The summed E-state index contributed by atoms with van der Waals surface area (Å²) >= 11 is 4.95. The highest BCUT2D eigenvalue weighted by Gasteiger charge is 2.06. The zero-order valence-corrected chi connectivity index (χ0v) is 12.4. The highest BCUT2D eigenvalue weighted by atomic mass is 32.1. The zero-order chi connectivity index (χ0) is 15.7. The Kier molecular flexibility index (Phi) is 6.71. The van der Waals surface area contributed by atoms with Crippen LogP contribution in [0, 0.1) is 11.3 Å². The highest BCUT2D eigenvalue weighted by molar-refractivity contribution is 7.80. The van der Waals surface area contributed by atoms with Crippen LogP contribution in [0.4, 0.5) is 0 Å². The van der Waals surface area contributed by atoms with Crippen LogP contribution in [0.15, 0.2) is 36.4 Å². The number of nitrogens with one attached hydrogen (secondary N) is 3. The second kappa shape index (κ2) is 8.55. The van der Waals surface area contributed by atoms with E-state index in [1.165, 1.54) is 0 Å². The molecule has 0 aliphatic carbocycles. The maximum atomic E-state index is 11.6. The zero-order valence-electron chi connectivity index (χ0n) is 11.6. The molecule has 0 atom stereocenters. The number of ether oxygens (including phenoxy) is 1. The van der Waals surface area contributed by atoms with Crippen LogP contribution in [0.25, 0.3) is 0 Å². The first-order valence-electron chi connectivity index (χ1n) is 6.12. The summed E-state index contributed by atoms with van der Waals surface area (Å²) in [5.41, 5.74) is 6.21. The predicted octanol–water partition coefficient (Wildman–Crippen LogP) is 1.01. The number of rotatable bonds is 5. The standard InChI is InChI=1S/C14H16N4O2S/c1-10(2)8-16-14(21)18-17-13(19)9-20-12-6-4-3-5-11(12)7-15/h3-6H,1,8-9H2,2H3,(H,17,19)(H2,16,18,21). The second-order valence-electron chi connectivity index (χ2n) is 4.21. The van der Waals surface area contributed by atoms with Crippen molar-refractivity contribution in [3.05, 3.63) is 42.0 Å².